The first-order chi connectivity index (χ1) is 12.4. The van der Waals surface area contributed by atoms with Crippen molar-refractivity contribution in [3.63, 3.8) is 0 Å². The number of thiazole rings is 1. The summed E-state index contributed by atoms with van der Waals surface area (Å²) in [6, 6.07) is 6.50. The van der Waals surface area contributed by atoms with Gasteiger partial charge in [0.05, 0.1) is 22.4 Å². The predicted molar refractivity (Wildman–Crippen MR) is 102 cm³/mol. The zero-order chi connectivity index (χ0) is 18.4. The van der Waals surface area contributed by atoms with Gasteiger partial charge >= 0.3 is 6.03 Å². The van der Waals surface area contributed by atoms with Crippen LogP contribution in [0.25, 0.3) is 21.3 Å². The maximum atomic E-state index is 12.9. The normalized spacial score (nSPS) is 11.3. The molecular weight excluding hydrogens is 352 g/mol. The number of urea groups is 1. The average molecular weight is 368 g/mol. The third-order valence-corrected chi connectivity index (χ3v) is 5.15. The van der Waals surface area contributed by atoms with E-state index in [1.165, 1.54) is 4.68 Å². The largest absolute Gasteiger partial charge is 0.351 e. The number of benzene rings is 1. The van der Waals surface area contributed by atoms with Crippen LogP contribution < -0.4 is 16.6 Å². The Morgan fingerprint density at radius 1 is 1.38 bits per heavy atom. The molecule has 26 heavy (non-hydrogen) atoms. The van der Waals surface area contributed by atoms with Gasteiger partial charge in [-0.1, -0.05) is 12.1 Å². The molecule has 0 radical (unpaired) electrons. The van der Waals surface area contributed by atoms with Gasteiger partial charge in [-0.15, -0.1) is 11.3 Å². The van der Waals surface area contributed by atoms with Gasteiger partial charge in [0.2, 0.25) is 0 Å². The fraction of sp³-hybridized carbons (Fsp3) is 0.176. The van der Waals surface area contributed by atoms with Gasteiger partial charge in [-0.05, 0) is 24.6 Å². The highest BCUT2D eigenvalue weighted by Gasteiger charge is 2.17. The summed E-state index contributed by atoms with van der Waals surface area (Å²) >= 11 is 1.56. The van der Waals surface area contributed by atoms with E-state index in [1.54, 1.807) is 35.7 Å². The first-order valence-corrected chi connectivity index (χ1v) is 8.72. The first-order valence-electron chi connectivity index (χ1n) is 7.91. The van der Waals surface area contributed by atoms with Gasteiger partial charge in [0, 0.05) is 18.1 Å². The molecule has 9 heteroatoms. The molecule has 3 N–H and O–H groups in total. The van der Waals surface area contributed by atoms with Gasteiger partial charge in [0.1, 0.15) is 5.52 Å². The zero-order valence-electron chi connectivity index (χ0n) is 14.2. The highest BCUT2D eigenvalue weighted by Crippen LogP contribution is 2.30. The predicted octanol–water partition coefficient (Wildman–Crippen LogP) is 2.19. The molecule has 132 valence electrons. The van der Waals surface area contributed by atoms with E-state index in [4.69, 9.17) is 5.73 Å². The summed E-state index contributed by atoms with van der Waals surface area (Å²) in [5.74, 6) is 0. The van der Waals surface area contributed by atoms with Crippen molar-refractivity contribution in [2.45, 2.75) is 13.5 Å². The van der Waals surface area contributed by atoms with E-state index in [0.717, 1.165) is 26.3 Å². The van der Waals surface area contributed by atoms with Gasteiger partial charge in [-0.25, -0.2) is 14.5 Å². The van der Waals surface area contributed by atoms with Crippen molar-refractivity contribution < 1.29 is 4.79 Å². The van der Waals surface area contributed by atoms with Crippen molar-refractivity contribution in [3.05, 3.63) is 51.4 Å². The van der Waals surface area contributed by atoms with E-state index < -0.39 is 6.03 Å². The number of nitrogens with two attached hydrogens (primary N) is 1. The summed E-state index contributed by atoms with van der Waals surface area (Å²) in [7, 11) is 1.84. The van der Waals surface area contributed by atoms with E-state index in [9.17, 15) is 9.59 Å². The van der Waals surface area contributed by atoms with E-state index >= 15 is 0 Å². The number of aromatic nitrogens is 4. The van der Waals surface area contributed by atoms with E-state index in [-0.39, 0.29) is 12.1 Å². The van der Waals surface area contributed by atoms with Gasteiger partial charge in [-0.3, -0.25) is 4.79 Å². The molecule has 4 aromatic rings. The molecule has 0 unspecified atom stereocenters. The number of hydrogen-bond donors (Lipinski definition) is 2. The monoisotopic (exact) mass is 368 g/mol. The number of primary amides is 1. The van der Waals surface area contributed by atoms with Crippen LogP contribution in [-0.4, -0.2) is 25.4 Å². The van der Waals surface area contributed by atoms with Gasteiger partial charge in [0.25, 0.3) is 5.56 Å². The molecule has 3 heterocycles. The van der Waals surface area contributed by atoms with Crippen molar-refractivity contribution in [2.75, 3.05) is 5.32 Å². The molecule has 0 saturated heterocycles. The topological polar surface area (TPSA) is 108 Å². The third-order valence-electron chi connectivity index (χ3n) is 4.16. The zero-order valence-corrected chi connectivity index (χ0v) is 15.0. The minimum atomic E-state index is -0.634. The second-order valence-electron chi connectivity index (χ2n) is 6.00. The van der Waals surface area contributed by atoms with Gasteiger partial charge in [-0.2, -0.15) is 5.10 Å². The van der Waals surface area contributed by atoms with Crippen LogP contribution in [0.1, 0.15) is 10.6 Å². The Labute approximate surface area is 151 Å². The molecule has 0 aliphatic rings. The highest BCUT2D eigenvalue weighted by molar-refractivity contribution is 7.19. The lowest BCUT2D eigenvalue weighted by molar-refractivity contribution is 0.259. The summed E-state index contributed by atoms with van der Waals surface area (Å²) < 4.78 is 4.20. The number of nitrogens with one attached hydrogen (secondary N) is 1. The van der Waals surface area contributed by atoms with Crippen LogP contribution in [-0.2, 0) is 13.6 Å². The molecule has 4 rings (SSSR count). The summed E-state index contributed by atoms with van der Waals surface area (Å²) in [4.78, 5) is 28.4. The fourth-order valence-electron chi connectivity index (χ4n) is 3.07. The lowest BCUT2D eigenvalue weighted by Crippen LogP contribution is -2.24. The van der Waals surface area contributed by atoms with Crippen molar-refractivity contribution in [3.8, 4) is 0 Å². The second-order valence-corrected chi connectivity index (χ2v) is 7.21. The molecule has 0 saturated carbocycles. The third kappa shape index (κ3) is 2.62. The molecule has 3 aromatic heterocycles. The van der Waals surface area contributed by atoms with Crippen LogP contribution in [0.15, 0.2) is 35.3 Å². The van der Waals surface area contributed by atoms with Crippen molar-refractivity contribution in [1.82, 2.24) is 19.3 Å². The highest BCUT2D eigenvalue weighted by atomic mass is 32.1. The molecule has 0 atom stereocenters. The van der Waals surface area contributed by atoms with Crippen molar-refractivity contribution in [2.24, 2.45) is 12.8 Å². The van der Waals surface area contributed by atoms with E-state index in [1.807, 2.05) is 24.6 Å². The molecule has 0 spiro atoms. The van der Waals surface area contributed by atoms with Crippen molar-refractivity contribution in [1.29, 1.82) is 0 Å². The van der Waals surface area contributed by atoms with Gasteiger partial charge in [0.15, 0.2) is 5.65 Å². The van der Waals surface area contributed by atoms with Crippen LogP contribution in [0.5, 0.6) is 0 Å². The molecular formula is C17H16N6O2S. The number of aryl methyl sites for hydroxylation is 2. The molecule has 8 nitrogen and oxygen atoms in total. The quantitative estimate of drug-likeness (QED) is 0.578. The summed E-state index contributed by atoms with van der Waals surface area (Å²) in [5.41, 5.74) is 7.75. The Kier molecular flexibility index (Phi) is 3.73. The Bertz CT molecular complexity index is 1220. The number of carbonyl (C=O) groups excluding carboxylic acids is 1. The Morgan fingerprint density at radius 3 is 2.96 bits per heavy atom. The Balaban J connectivity index is 1.78. The Morgan fingerprint density at radius 2 is 2.19 bits per heavy atom. The SMILES string of the molecule is Cc1nc2c(s1)c1cnn(Cc3cccc(NC(N)=O)c3)c(=O)c1n2C. The summed E-state index contributed by atoms with van der Waals surface area (Å²) in [5, 5.41) is 8.62. The second kappa shape index (κ2) is 5.95. The summed E-state index contributed by atoms with van der Waals surface area (Å²) in [6.45, 7) is 2.23. The number of fused-ring (bicyclic) bond motifs is 3. The molecule has 0 bridgehead atoms. The van der Waals surface area contributed by atoms with E-state index in [2.05, 4.69) is 15.4 Å². The number of rotatable bonds is 3. The standard InChI is InChI=1S/C17H16N6O2S/c1-9-20-15-14(26-9)12-7-19-23(16(24)13(12)22(15)2)8-10-4-3-5-11(6-10)21-17(18)25/h3-7H,8H2,1-2H3,(H3,18,21,25). The number of nitrogens with zero attached hydrogens (tertiary/aromatic N) is 4. The lowest BCUT2D eigenvalue weighted by atomic mass is 10.2. The maximum Gasteiger partial charge on any atom is 0.316 e. The Hall–Kier alpha value is -3.20. The van der Waals surface area contributed by atoms with Crippen molar-refractivity contribution >= 4 is 44.3 Å². The first kappa shape index (κ1) is 16.3. The molecule has 2 amide bonds. The molecule has 0 aliphatic heterocycles. The van der Waals surface area contributed by atoms with Crippen LogP contribution in [0.4, 0.5) is 10.5 Å². The van der Waals surface area contributed by atoms with Crippen LogP contribution >= 0.6 is 11.3 Å². The lowest BCUT2D eigenvalue weighted by Gasteiger charge is -2.08. The number of hydrogen-bond acceptors (Lipinski definition) is 5. The minimum absolute atomic E-state index is 0.180. The molecule has 1 aromatic carbocycles. The molecule has 0 fully saturated rings. The number of anilines is 1. The van der Waals surface area contributed by atoms with Crippen LogP contribution in [0.2, 0.25) is 0 Å². The van der Waals surface area contributed by atoms with Crippen LogP contribution in [0.3, 0.4) is 0 Å². The smallest absolute Gasteiger partial charge is 0.316 e. The average Bonchev–Trinajstić information content (AvgIpc) is 3.07. The van der Waals surface area contributed by atoms with E-state index in [0.29, 0.717) is 11.2 Å². The minimum Gasteiger partial charge on any atom is -0.351 e. The summed E-state index contributed by atoms with van der Waals surface area (Å²) in [6.07, 6.45) is 1.71. The number of amides is 2. The van der Waals surface area contributed by atoms with Crippen LogP contribution in [0, 0.1) is 6.92 Å². The van der Waals surface area contributed by atoms with Gasteiger partial charge < -0.3 is 15.6 Å². The fourth-order valence-corrected chi connectivity index (χ4v) is 4.03. The molecule has 0 aliphatic carbocycles. The number of carbonyl (C=O) groups is 1. The maximum absolute atomic E-state index is 12.9.